The number of methoxy groups -OCH3 is 1. The summed E-state index contributed by atoms with van der Waals surface area (Å²) in [4.78, 5) is 29.8. The Morgan fingerprint density at radius 3 is 2.39 bits per heavy atom. The van der Waals surface area contributed by atoms with Crippen LogP contribution in [0.15, 0.2) is 58.6 Å². The molecule has 0 unspecified atom stereocenters. The quantitative estimate of drug-likeness (QED) is 0.343. The first kappa shape index (κ1) is 23.0. The number of aliphatic hydroxyl groups excluding tert-OH is 1. The third kappa shape index (κ3) is 4.83. The lowest BCUT2D eigenvalue weighted by molar-refractivity contribution is -0.140. The summed E-state index contributed by atoms with van der Waals surface area (Å²) in [7, 11) is 1.56. The van der Waals surface area contributed by atoms with Crippen molar-refractivity contribution < 1.29 is 19.4 Å². The summed E-state index contributed by atoms with van der Waals surface area (Å²) in [5.41, 5.74) is 1.33. The first-order valence-electron chi connectivity index (χ1n) is 10.3. The number of halogens is 1. The monoisotopic (exact) mass is 486 g/mol. The predicted molar refractivity (Wildman–Crippen MR) is 124 cm³/mol. The summed E-state index contributed by atoms with van der Waals surface area (Å²) >= 11 is 3.47. The van der Waals surface area contributed by atoms with Crippen LogP contribution in [0.1, 0.15) is 31.0 Å². The van der Waals surface area contributed by atoms with Crippen molar-refractivity contribution in [1.29, 1.82) is 0 Å². The Kier molecular flexibility index (Phi) is 7.51. The number of Topliss-reactive ketones (excluding diaryl/α,β-unsaturated/α-hetero) is 1. The molecule has 1 heterocycles. The molecule has 3 rings (SSSR count). The van der Waals surface area contributed by atoms with E-state index in [-0.39, 0.29) is 11.3 Å². The first-order valence-corrected chi connectivity index (χ1v) is 11.1. The Labute approximate surface area is 191 Å². The smallest absolute Gasteiger partial charge is 0.295 e. The van der Waals surface area contributed by atoms with Gasteiger partial charge in [0.2, 0.25) is 0 Å². The fraction of sp³-hybridized carbons (Fsp3) is 0.333. The van der Waals surface area contributed by atoms with Gasteiger partial charge in [-0.15, -0.1) is 0 Å². The van der Waals surface area contributed by atoms with Crippen LogP contribution < -0.4 is 4.74 Å². The molecular weight excluding hydrogens is 460 g/mol. The molecule has 0 bridgehead atoms. The minimum Gasteiger partial charge on any atom is -0.507 e. The van der Waals surface area contributed by atoms with Gasteiger partial charge >= 0.3 is 0 Å². The number of likely N-dealkylation sites (N-methyl/N-ethyl adjacent to an activating group) is 1. The second-order valence-electron chi connectivity index (χ2n) is 7.30. The minimum absolute atomic E-state index is 0.104. The number of ketones is 1. The Balaban J connectivity index is 2.08. The molecule has 0 aromatic heterocycles. The summed E-state index contributed by atoms with van der Waals surface area (Å²) in [6, 6.07) is 13.6. The van der Waals surface area contributed by atoms with Gasteiger partial charge < -0.3 is 19.6 Å². The number of hydrogen-bond donors (Lipinski definition) is 1. The second-order valence-corrected chi connectivity index (χ2v) is 8.22. The number of ether oxygens (including phenoxy) is 1. The highest BCUT2D eigenvalue weighted by Gasteiger charge is 2.46. The highest BCUT2D eigenvalue weighted by molar-refractivity contribution is 9.10. The summed E-state index contributed by atoms with van der Waals surface area (Å²) in [6.45, 7) is 6.87. The molecule has 1 aliphatic heterocycles. The van der Waals surface area contributed by atoms with Crippen LogP contribution in [-0.4, -0.2) is 59.9 Å². The Morgan fingerprint density at radius 1 is 1.13 bits per heavy atom. The Bertz CT molecular complexity index is 983. The molecule has 6 nitrogen and oxygen atoms in total. The topological polar surface area (TPSA) is 70.1 Å². The van der Waals surface area contributed by atoms with E-state index in [9.17, 15) is 14.7 Å². The summed E-state index contributed by atoms with van der Waals surface area (Å²) in [6.07, 6.45) is 0. The van der Waals surface area contributed by atoms with Gasteiger partial charge in [-0.25, -0.2) is 0 Å². The van der Waals surface area contributed by atoms with Crippen molar-refractivity contribution >= 4 is 33.4 Å². The van der Waals surface area contributed by atoms with Crippen LogP contribution in [-0.2, 0) is 9.59 Å². The normalized spacial score (nSPS) is 18.1. The third-order valence-corrected chi connectivity index (χ3v) is 6.11. The van der Waals surface area contributed by atoms with Crippen molar-refractivity contribution in [3.8, 4) is 5.75 Å². The van der Waals surface area contributed by atoms with Gasteiger partial charge in [-0.2, -0.15) is 0 Å². The predicted octanol–water partition coefficient (Wildman–Crippen LogP) is 4.22. The van der Waals surface area contributed by atoms with Gasteiger partial charge in [-0.1, -0.05) is 41.9 Å². The number of rotatable bonds is 8. The molecule has 2 aromatic rings. The molecule has 31 heavy (non-hydrogen) atoms. The van der Waals surface area contributed by atoms with E-state index in [0.717, 1.165) is 23.1 Å². The molecule has 1 aliphatic rings. The van der Waals surface area contributed by atoms with Gasteiger partial charge in [0.05, 0.1) is 18.7 Å². The van der Waals surface area contributed by atoms with Crippen LogP contribution in [0.25, 0.3) is 5.76 Å². The van der Waals surface area contributed by atoms with Crippen LogP contribution in [0, 0.1) is 0 Å². The van der Waals surface area contributed by atoms with Gasteiger partial charge in [0.25, 0.3) is 11.7 Å². The van der Waals surface area contributed by atoms with Crippen molar-refractivity contribution in [3.63, 3.8) is 0 Å². The average Bonchev–Trinajstić information content (AvgIpc) is 3.04. The molecule has 0 aliphatic carbocycles. The van der Waals surface area contributed by atoms with Crippen molar-refractivity contribution in [3.05, 3.63) is 69.7 Å². The van der Waals surface area contributed by atoms with E-state index in [1.54, 1.807) is 36.3 Å². The molecule has 2 aromatic carbocycles. The van der Waals surface area contributed by atoms with E-state index in [1.807, 2.05) is 24.3 Å². The number of amides is 1. The Hall–Kier alpha value is -2.64. The number of carbonyl (C=O) groups excluding carboxylic acids is 2. The van der Waals surface area contributed by atoms with Crippen LogP contribution in [0.3, 0.4) is 0 Å². The van der Waals surface area contributed by atoms with Crippen LogP contribution in [0.2, 0.25) is 0 Å². The zero-order valence-electron chi connectivity index (χ0n) is 18.0. The van der Waals surface area contributed by atoms with Crippen molar-refractivity contribution in [2.75, 3.05) is 33.3 Å². The molecule has 164 valence electrons. The third-order valence-electron chi connectivity index (χ3n) is 5.62. The fourth-order valence-corrected chi connectivity index (χ4v) is 4.24. The number of nitrogens with zero attached hydrogens (tertiary/aromatic N) is 2. The number of carbonyl (C=O) groups is 2. The number of aliphatic hydroxyl groups is 1. The maximum absolute atomic E-state index is 13.0. The van der Waals surface area contributed by atoms with E-state index in [0.29, 0.717) is 24.4 Å². The van der Waals surface area contributed by atoms with Crippen LogP contribution in [0.4, 0.5) is 0 Å². The lowest BCUT2D eigenvalue weighted by atomic mass is 9.95. The number of benzene rings is 2. The minimum atomic E-state index is -0.669. The van der Waals surface area contributed by atoms with Gasteiger partial charge in [-0.3, -0.25) is 9.59 Å². The lowest BCUT2D eigenvalue weighted by Crippen LogP contribution is -2.38. The summed E-state index contributed by atoms with van der Waals surface area (Å²) in [5, 5.41) is 11.1. The molecule has 1 N–H and O–H groups in total. The van der Waals surface area contributed by atoms with E-state index >= 15 is 0 Å². The Morgan fingerprint density at radius 2 is 1.81 bits per heavy atom. The molecule has 7 heteroatoms. The highest BCUT2D eigenvalue weighted by atomic mass is 79.9. The number of hydrogen-bond acceptors (Lipinski definition) is 5. The van der Waals surface area contributed by atoms with E-state index in [2.05, 4.69) is 34.7 Å². The van der Waals surface area contributed by atoms with E-state index in [4.69, 9.17) is 4.74 Å². The SMILES string of the molecule is CCN(CC)CCN1C(=O)C(=O)/C(=C(/O)c2ccc(OC)cc2)[C@@H]1c1cccc(Br)c1. The molecule has 1 fully saturated rings. The molecule has 0 radical (unpaired) electrons. The number of likely N-dealkylation sites (tertiary alicyclic amines) is 1. The standard InChI is InChI=1S/C24H27BrN2O4/c1-4-26(5-2)13-14-27-21(17-7-6-8-18(25)15-17)20(23(29)24(27)30)22(28)16-9-11-19(31-3)12-10-16/h6-12,15,21,28H,4-5,13-14H2,1-3H3/b22-20+/t21-/m0/s1. The van der Waals surface area contributed by atoms with Crippen molar-refractivity contribution in [2.45, 2.75) is 19.9 Å². The zero-order chi connectivity index (χ0) is 22.5. The van der Waals surface area contributed by atoms with Crippen LogP contribution in [0.5, 0.6) is 5.75 Å². The molecular formula is C24H27BrN2O4. The molecule has 1 atom stereocenters. The molecule has 1 amide bonds. The first-order chi connectivity index (χ1) is 14.9. The van der Waals surface area contributed by atoms with Crippen molar-refractivity contribution in [1.82, 2.24) is 9.80 Å². The van der Waals surface area contributed by atoms with Gasteiger partial charge in [0.15, 0.2) is 0 Å². The summed E-state index contributed by atoms with van der Waals surface area (Å²) in [5.74, 6) is -0.805. The maximum Gasteiger partial charge on any atom is 0.295 e. The largest absolute Gasteiger partial charge is 0.507 e. The molecule has 0 saturated carbocycles. The van der Waals surface area contributed by atoms with Gasteiger partial charge in [0.1, 0.15) is 11.5 Å². The van der Waals surface area contributed by atoms with Gasteiger partial charge in [0, 0.05) is 23.1 Å². The fourth-order valence-electron chi connectivity index (χ4n) is 3.83. The summed E-state index contributed by atoms with van der Waals surface area (Å²) < 4.78 is 6.01. The molecule has 0 spiro atoms. The molecule has 1 saturated heterocycles. The van der Waals surface area contributed by atoms with Crippen LogP contribution >= 0.6 is 15.9 Å². The van der Waals surface area contributed by atoms with Crippen molar-refractivity contribution in [2.24, 2.45) is 0 Å². The highest BCUT2D eigenvalue weighted by Crippen LogP contribution is 2.40. The van der Waals surface area contributed by atoms with E-state index in [1.165, 1.54) is 0 Å². The van der Waals surface area contributed by atoms with Gasteiger partial charge in [-0.05, 0) is 55.1 Å². The van der Waals surface area contributed by atoms with E-state index < -0.39 is 17.7 Å². The lowest BCUT2D eigenvalue weighted by Gasteiger charge is -2.28. The zero-order valence-corrected chi connectivity index (χ0v) is 19.6. The average molecular weight is 487 g/mol. The second kappa shape index (κ2) is 10.1. The maximum atomic E-state index is 13.0.